The fourth-order valence-electron chi connectivity index (χ4n) is 1.54. The number of aryl methyl sites for hydroxylation is 1. The second-order valence-electron chi connectivity index (χ2n) is 4.09. The molecule has 0 unspecified atom stereocenters. The van der Waals surface area contributed by atoms with E-state index in [1.807, 2.05) is 0 Å². The monoisotopic (exact) mass is 285 g/mol. The van der Waals surface area contributed by atoms with Gasteiger partial charge in [-0.05, 0) is 28.6 Å². The van der Waals surface area contributed by atoms with Gasteiger partial charge in [-0.1, -0.05) is 0 Å². The first-order valence-corrected chi connectivity index (χ1v) is 7.42. The zero-order valence-corrected chi connectivity index (χ0v) is 10.9. The van der Waals surface area contributed by atoms with E-state index in [0.717, 1.165) is 12.3 Å². The highest BCUT2D eigenvalue weighted by Gasteiger charge is 2.14. The van der Waals surface area contributed by atoms with E-state index in [0.29, 0.717) is 11.4 Å². The zero-order valence-electron chi connectivity index (χ0n) is 10.1. The number of nitrogens with zero attached hydrogens (tertiary/aromatic N) is 4. The maximum absolute atomic E-state index is 13.0. The van der Waals surface area contributed by atoms with Crippen LogP contribution in [0.15, 0.2) is 18.2 Å². The topological polar surface area (TPSA) is 104 Å². The fraction of sp³-hybridized carbons (Fsp3) is 0.300. The number of anilines is 1. The van der Waals surface area contributed by atoms with Gasteiger partial charge in [-0.2, -0.15) is 0 Å². The Hall–Kier alpha value is -2.03. The molecule has 0 fully saturated rings. The standard InChI is InChI=1S/C10H12FN5O2S/c1-19(17,18)5-4-16-10(13-14-15-16)8-3-2-7(11)6-9(8)12/h2-3,6H,4-5,12H2,1H3. The van der Waals surface area contributed by atoms with Crippen LogP contribution in [0.5, 0.6) is 0 Å². The van der Waals surface area contributed by atoms with Gasteiger partial charge in [-0.15, -0.1) is 5.10 Å². The first kappa shape index (κ1) is 13.4. The smallest absolute Gasteiger partial charge is 0.184 e. The van der Waals surface area contributed by atoms with Crippen molar-refractivity contribution in [2.24, 2.45) is 0 Å². The van der Waals surface area contributed by atoms with Crippen molar-refractivity contribution in [2.75, 3.05) is 17.7 Å². The molecular weight excluding hydrogens is 273 g/mol. The minimum absolute atomic E-state index is 0.0911. The molecule has 0 aliphatic carbocycles. The molecule has 0 bridgehead atoms. The Bertz CT molecular complexity index is 698. The lowest BCUT2D eigenvalue weighted by Crippen LogP contribution is -2.13. The van der Waals surface area contributed by atoms with Crippen LogP contribution in [0, 0.1) is 5.82 Å². The number of hydrogen-bond acceptors (Lipinski definition) is 6. The van der Waals surface area contributed by atoms with Crippen LogP contribution >= 0.6 is 0 Å². The van der Waals surface area contributed by atoms with Gasteiger partial charge in [0.15, 0.2) is 5.82 Å². The molecule has 2 rings (SSSR count). The molecule has 1 aromatic heterocycles. The summed E-state index contributed by atoms with van der Waals surface area (Å²) >= 11 is 0. The third kappa shape index (κ3) is 3.25. The molecule has 0 atom stereocenters. The van der Waals surface area contributed by atoms with Gasteiger partial charge in [0.2, 0.25) is 0 Å². The maximum atomic E-state index is 13.0. The molecule has 0 saturated carbocycles. The summed E-state index contributed by atoms with van der Waals surface area (Å²) in [6.07, 6.45) is 1.13. The number of tetrazole rings is 1. The van der Waals surface area contributed by atoms with Crippen LogP contribution < -0.4 is 5.73 Å². The van der Waals surface area contributed by atoms with E-state index < -0.39 is 15.7 Å². The second-order valence-corrected chi connectivity index (χ2v) is 6.35. The molecule has 7 nitrogen and oxygen atoms in total. The molecule has 0 spiro atoms. The van der Waals surface area contributed by atoms with Gasteiger partial charge in [-0.3, -0.25) is 0 Å². The summed E-state index contributed by atoms with van der Waals surface area (Å²) in [4.78, 5) is 0. The van der Waals surface area contributed by atoms with Crippen LogP contribution in [-0.2, 0) is 16.4 Å². The Balaban J connectivity index is 2.33. The van der Waals surface area contributed by atoms with Crippen LogP contribution in [-0.4, -0.2) is 40.6 Å². The summed E-state index contributed by atoms with van der Waals surface area (Å²) in [6.45, 7) is 0.109. The van der Waals surface area contributed by atoms with E-state index in [9.17, 15) is 12.8 Å². The van der Waals surface area contributed by atoms with E-state index in [1.54, 1.807) is 0 Å². The van der Waals surface area contributed by atoms with Crippen molar-refractivity contribution in [3.05, 3.63) is 24.0 Å². The third-order valence-electron chi connectivity index (χ3n) is 2.46. The van der Waals surface area contributed by atoms with Crippen LogP contribution in [0.25, 0.3) is 11.4 Å². The summed E-state index contributed by atoms with van der Waals surface area (Å²) in [7, 11) is -3.12. The lowest BCUT2D eigenvalue weighted by atomic mass is 10.1. The van der Waals surface area contributed by atoms with Gasteiger partial charge < -0.3 is 5.73 Å². The summed E-state index contributed by atoms with van der Waals surface area (Å²) < 4.78 is 36.6. The average molecular weight is 285 g/mol. The fourth-order valence-corrected chi connectivity index (χ4v) is 2.04. The molecule has 0 amide bonds. The lowest BCUT2D eigenvalue weighted by Gasteiger charge is -2.06. The number of hydrogen-bond donors (Lipinski definition) is 1. The van der Waals surface area contributed by atoms with E-state index in [2.05, 4.69) is 15.5 Å². The van der Waals surface area contributed by atoms with Crippen molar-refractivity contribution in [1.29, 1.82) is 0 Å². The molecule has 2 N–H and O–H groups in total. The first-order valence-electron chi connectivity index (χ1n) is 5.36. The number of halogens is 1. The molecule has 2 aromatic rings. The number of nitrogen functional groups attached to an aromatic ring is 1. The van der Waals surface area contributed by atoms with Crippen LogP contribution in [0.4, 0.5) is 10.1 Å². The summed E-state index contributed by atoms with van der Waals surface area (Å²) in [5.41, 5.74) is 6.34. The minimum atomic E-state index is -3.12. The largest absolute Gasteiger partial charge is 0.398 e. The van der Waals surface area contributed by atoms with Gasteiger partial charge in [0.05, 0.1) is 12.3 Å². The quantitative estimate of drug-likeness (QED) is 0.799. The Morgan fingerprint density at radius 1 is 1.42 bits per heavy atom. The van der Waals surface area contributed by atoms with Crippen LogP contribution in [0.3, 0.4) is 0 Å². The Morgan fingerprint density at radius 3 is 2.79 bits per heavy atom. The number of sulfone groups is 1. The normalized spacial score (nSPS) is 11.7. The molecule has 102 valence electrons. The molecule has 9 heteroatoms. The van der Waals surface area contributed by atoms with Gasteiger partial charge in [0.25, 0.3) is 0 Å². The molecular formula is C10H12FN5O2S. The van der Waals surface area contributed by atoms with Crippen molar-refractivity contribution < 1.29 is 12.8 Å². The van der Waals surface area contributed by atoms with Crippen molar-refractivity contribution in [1.82, 2.24) is 20.2 Å². The van der Waals surface area contributed by atoms with E-state index in [4.69, 9.17) is 5.73 Å². The number of rotatable bonds is 4. The highest BCUT2D eigenvalue weighted by molar-refractivity contribution is 7.90. The highest BCUT2D eigenvalue weighted by Crippen LogP contribution is 2.23. The minimum Gasteiger partial charge on any atom is -0.398 e. The van der Waals surface area contributed by atoms with Gasteiger partial charge >= 0.3 is 0 Å². The number of aromatic nitrogens is 4. The Kier molecular flexibility index (Phi) is 3.47. The molecule has 19 heavy (non-hydrogen) atoms. The van der Waals surface area contributed by atoms with Gasteiger partial charge in [0.1, 0.15) is 15.7 Å². The zero-order chi connectivity index (χ0) is 14.0. The SMILES string of the molecule is CS(=O)(=O)CCn1nnnc1-c1ccc(F)cc1N. The van der Waals surface area contributed by atoms with Crippen molar-refractivity contribution in [2.45, 2.75) is 6.54 Å². The molecule has 0 radical (unpaired) electrons. The third-order valence-corrected chi connectivity index (χ3v) is 3.38. The van der Waals surface area contributed by atoms with Gasteiger partial charge in [0, 0.05) is 17.5 Å². The molecule has 1 heterocycles. The summed E-state index contributed by atoms with van der Waals surface area (Å²) in [6, 6.07) is 3.85. The molecule has 0 aliphatic rings. The molecule has 0 saturated heterocycles. The number of benzene rings is 1. The van der Waals surface area contributed by atoms with E-state index in [-0.39, 0.29) is 18.0 Å². The van der Waals surface area contributed by atoms with Crippen LogP contribution in [0.1, 0.15) is 0 Å². The predicted molar refractivity (Wildman–Crippen MR) is 67.3 cm³/mol. The first-order chi connectivity index (χ1) is 8.87. The number of nitrogens with two attached hydrogens (primary N) is 1. The molecule has 0 aliphatic heterocycles. The summed E-state index contributed by atoms with van der Waals surface area (Å²) in [5.74, 6) is -0.246. The lowest BCUT2D eigenvalue weighted by molar-refractivity contribution is 0.581. The van der Waals surface area contributed by atoms with Crippen molar-refractivity contribution in [3.63, 3.8) is 0 Å². The van der Waals surface area contributed by atoms with Gasteiger partial charge in [-0.25, -0.2) is 17.5 Å². The Morgan fingerprint density at radius 2 is 2.16 bits per heavy atom. The van der Waals surface area contributed by atoms with Crippen molar-refractivity contribution >= 4 is 15.5 Å². The van der Waals surface area contributed by atoms with Crippen molar-refractivity contribution in [3.8, 4) is 11.4 Å². The maximum Gasteiger partial charge on any atom is 0.184 e. The summed E-state index contributed by atoms with van der Waals surface area (Å²) in [5, 5.41) is 11.0. The Labute approximate surface area is 109 Å². The highest BCUT2D eigenvalue weighted by atomic mass is 32.2. The van der Waals surface area contributed by atoms with E-state index in [1.165, 1.54) is 16.8 Å². The second kappa shape index (κ2) is 4.92. The predicted octanol–water partition coefficient (Wildman–Crippen LogP) is 0.106. The van der Waals surface area contributed by atoms with E-state index >= 15 is 0 Å². The average Bonchev–Trinajstić information content (AvgIpc) is 2.73. The molecule has 1 aromatic carbocycles. The van der Waals surface area contributed by atoms with Crippen LogP contribution in [0.2, 0.25) is 0 Å².